The minimum absolute atomic E-state index is 0.244. The second kappa shape index (κ2) is 3.30. The van der Waals surface area contributed by atoms with Gasteiger partial charge in [-0.05, 0) is 24.3 Å². The first kappa shape index (κ1) is 8.45. The third-order valence-corrected chi connectivity index (χ3v) is 2.15. The van der Waals surface area contributed by atoms with Crippen molar-refractivity contribution in [3.8, 4) is 0 Å². The molecule has 0 unspecified atom stereocenters. The van der Waals surface area contributed by atoms with Gasteiger partial charge in [0.05, 0.1) is 17.1 Å². The molecular weight excluding hydrogens is 189 g/mol. The monoisotopic (exact) mass is 195 g/mol. The number of hydrogen-bond acceptors (Lipinski definition) is 1. The molecule has 2 aromatic rings. The molecule has 66 valence electrons. The maximum atomic E-state index is 13.1. The van der Waals surface area contributed by atoms with Gasteiger partial charge in [0.15, 0.2) is 0 Å². The lowest BCUT2D eigenvalue weighted by Crippen LogP contribution is -1.87. The van der Waals surface area contributed by atoms with Crippen LogP contribution >= 0.6 is 11.6 Å². The van der Waals surface area contributed by atoms with Gasteiger partial charge < -0.3 is 0 Å². The number of aromatic nitrogens is 1. The van der Waals surface area contributed by atoms with Crippen molar-refractivity contribution < 1.29 is 4.39 Å². The average molecular weight is 196 g/mol. The molecule has 0 saturated carbocycles. The molecule has 13 heavy (non-hydrogen) atoms. The van der Waals surface area contributed by atoms with Crippen molar-refractivity contribution in [1.82, 2.24) is 4.98 Å². The van der Waals surface area contributed by atoms with Crippen LogP contribution in [-0.4, -0.2) is 4.98 Å². The summed E-state index contributed by atoms with van der Waals surface area (Å²) in [5.41, 5.74) is 1.41. The zero-order valence-corrected chi connectivity index (χ0v) is 7.55. The van der Waals surface area contributed by atoms with Gasteiger partial charge in [-0.2, -0.15) is 0 Å². The fraction of sp³-hybridized carbons (Fsp3) is 0.100. The van der Waals surface area contributed by atoms with E-state index >= 15 is 0 Å². The van der Waals surface area contributed by atoms with Crippen LogP contribution in [0.5, 0.6) is 0 Å². The first-order valence-corrected chi connectivity index (χ1v) is 4.45. The third kappa shape index (κ3) is 1.49. The predicted octanol–water partition coefficient (Wildman–Crippen LogP) is 3.11. The number of hydrogen-bond donors (Lipinski definition) is 0. The van der Waals surface area contributed by atoms with Crippen molar-refractivity contribution in [3.63, 3.8) is 0 Å². The van der Waals surface area contributed by atoms with Crippen LogP contribution in [0.15, 0.2) is 30.3 Å². The summed E-state index contributed by atoms with van der Waals surface area (Å²) in [7, 11) is 0. The number of benzene rings is 1. The van der Waals surface area contributed by atoms with E-state index in [1.807, 2.05) is 0 Å². The zero-order valence-electron chi connectivity index (χ0n) is 6.80. The first-order valence-electron chi connectivity index (χ1n) is 3.91. The maximum absolute atomic E-state index is 13.1. The van der Waals surface area contributed by atoms with Gasteiger partial charge in [-0.25, -0.2) is 4.39 Å². The largest absolute Gasteiger partial charge is 0.251 e. The van der Waals surface area contributed by atoms with E-state index < -0.39 is 0 Å². The van der Waals surface area contributed by atoms with Gasteiger partial charge >= 0.3 is 0 Å². The number of halogens is 2. The Morgan fingerprint density at radius 2 is 2.08 bits per heavy atom. The van der Waals surface area contributed by atoms with E-state index in [9.17, 15) is 4.39 Å². The van der Waals surface area contributed by atoms with E-state index in [-0.39, 0.29) is 5.82 Å². The molecule has 0 aliphatic rings. The van der Waals surface area contributed by atoms with E-state index in [4.69, 9.17) is 11.6 Å². The lowest BCUT2D eigenvalue weighted by atomic mass is 10.2. The Morgan fingerprint density at radius 1 is 1.23 bits per heavy atom. The second-order valence-electron chi connectivity index (χ2n) is 2.74. The van der Waals surface area contributed by atoms with E-state index in [0.717, 1.165) is 5.69 Å². The van der Waals surface area contributed by atoms with E-state index in [1.165, 1.54) is 6.07 Å². The molecule has 0 saturated heterocycles. The molecule has 0 N–H and O–H groups in total. The first-order chi connectivity index (χ1) is 6.31. The van der Waals surface area contributed by atoms with Crippen LogP contribution in [0.4, 0.5) is 4.39 Å². The standard InChI is InChI=1S/C10H7ClFN/c11-6-7-4-5-8-9(12)2-1-3-10(8)13-7/h1-5H,6H2. The molecule has 0 radical (unpaired) electrons. The Morgan fingerprint density at radius 3 is 2.85 bits per heavy atom. The van der Waals surface area contributed by atoms with Gasteiger partial charge in [-0.1, -0.05) is 6.07 Å². The van der Waals surface area contributed by atoms with E-state index in [1.54, 1.807) is 24.3 Å². The smallest absolute Gasteiger partial charge is 0.132 e. The molecule has 0 atom stereocenters. The minimum Gasteiger partial charge on any atom is -0.251 e. The summed E-state index contributed by atoms with van der Waals surface area (Å²) in [6, 6.07) is 8.27. The van der Waals surface area contributed by atoms with E-state index in [0.29, 0.717) is 16.8 Å². The molecule has 3 heteroatoms. The quantitative estimate of drug-likeness (QED) is 0.638. The van der Waals surface area contributed by atoms with Gasteiger partial charge in [0, 0.05) is 5.39 Å². The molecule has 0 fully saturated rings. The maximum Gasteiger partial charge on any atom is 0.132 e. The highest BCUT2D eigenvalue weighted by Gasteiger charge is 2.01. The highest BCUT2D eigenvalue weighted by atomic mass is 35.5. The molecule has 0 amide bonds. The lowest BCUT2D eigenvalue weighted by molar-refractivity contribution is 0.639. The zero-order chi connectivity index (χ0) is 9.26. The van der Waals surface area contributed by atoms with Gasteiger partial charge in [0.2, 0.25) is 0 Å². The molecule has 0 aliphatic carbocycles. The molecule has 1 heterocycles. The van der Waals surface area contributed by atoms with Crippen molar-refractivity contribution >= 4 is 22.5 Å². The fourth-order valence-corrected chi connectivity index (χ4v) is 1.38. The van der Waals surface area contributed by atoms with Crippen molar-refractivity contribution in [3.05, 3.63) is 41.8 Å². The molecule has 0 aliphatic heterocycles. The Hall–Kier alpha value is -1.15. The molecule has 1 nitrogen and oxygen atoms in total. The van der Waals surface area contributed by atoms with Crippen molar-refractivity contribution in [2.24, 2.45) is 0 Å². The van der Waals surface area contributed by atoms with Crippen LogP contribution in [0.25, 0.3) is 10.9 Å². The summed E-state index contributed by atoms with van der Waals surface area (Å²) in [5, 5.41) is 0.538. The van der Waals surface area contributed by atoms with Gasteiger partial charge in [-0.3, -0.25) is 4.98 Å². The van der Waals surface area contributed by atoms with Crippen molar-refractivity contribution in [2.75, 3.05) is 0 Å². The lowest BCUT2D eigenvalue weighted by Gasteiger charge is -1.99. The Bertz CT molecular complexity index is 442. The molecule has 2 rings (SSSR count). The van der Waals surface area contributed by atoms with E-state index in [2.05, 4.69) is 4.98 Å². The van der Waals surface area contributed by atoms with Gasteiger partial charge in [0.1, 0.15) is 5.82 Å². The van der Waals surface area contributed by atoms with Gasteiger partial charge in [0.25, 0.3) is 0 Å². The van der Waals surface area contributed by atoms with Crippen LogP contribution in [-0.2, 0) is 5.88 Å². The molecule has 0 spiro atoms. The highest BCUT2D eigenvalue weighted by molar-refractivity contribution is 6.16. The Kier molecular flexibility index (Phi) is 2.15. The van der Waals surface area contributed by atoms with Crippen LogP contribution in [0.3, 0.4) is 0 Å². The molecule has 1 aromatic heterocycles. The topological polar surface area (TPSA) is 12.9 Å². The minimum atomic E-state index is -0.244. The predicted molar refractivity (Wildman–Crippen MR) is 51.3 cm³/mol. The molecular formula is C10H7ClFN. The normalized spacial score (nSPS) is 10.6. The summed E-state index contributed by atoms with van der Waals surface area (Å²) in [6.07, 6.45) is 0. The molecule has 1 aromatic carbocycles. The van der Waals surface area contributed by atoms with Crippen LogP contribution in [0.1, 0.15) is 5.69 Å². The van der Waals surface area contributed by atoms with Crippen molar-refractivity contribution in [1.29, 1.82) is 0 Å². The summed E-state index contributed by atoms with van der Waals surface area (Å²) in [4.78, 5) is 4.18. The van der Waals surface area contributed by atoms with Gasteiger partial charge in [-0.15, -0.1) is 11.6 Å². The summed E-state index contributed by atoms with van der Waals surface area (Å²) in [5.74, 6) is 0.109. The Labute approximate surface area is 80.2 Å². The number of pyridine rings is 1. The summed E-state index contributed by atoms with van der Waals surface area (Å²) in [6.45, 7) is 0. The number of alkyl halides is 1. The Balaban J connectivity index is 2.72. The number of fused-ring (bicyclic) bond motifs is 1. The van der Waals surface area contributed by atoms with Crippen LogP contribution in [0, 0.1) is 5.82 Å². The van der Waals surface area contributed by atoms with Crippen LogP contribution in [0.2, 0.25) is 0 Å². The van der Waals surface area contributed by atoms with Crippen molar-refractivity contribution in [2.45, 2.75) is 5.88 Å². The number of nitrogens with zero attached hydrogens (tertiary/aromatic N) is 1. The third-order valence-electron chi connectivity index (χ3n) is 1.87. The van der Waals surface area contributed by atoms with Crippen LogP contribution < -0.4 is 0 Å². The fourth-order valence-electron chi connectivity index (χ4n) is 1.23. The highest BCUT2D eigenvalue weighted by Crippen LogP contribution is 2.16. The number of rotatable bonds is 1. The second-order valence-corrected chi connectivity index (χ2v) is 3.01. The SMILES string of the molecule is Fc1cccc2nc(CCl)ccc12. The average Bonchev–Trinajstić information content (AvgIpc) is 2.18. The summed E-state index contributed by atoms with van der Waals surface area (Å²) < 4.78 is 13.1. The summed E-state index contributed by atoms with van der Waals surface area (Å²) >= 11 is 5.61. The molecule has 0 bridgehead atoms.